The quantitative estimate of drug-likeness (QED) is 0.764. The van der Waals surface area contributed by atoms with Gasteiger partial charge in [0.05, 0.1) is 17.5 Å². The third-order valence-corrected chi connectivity index (χ3v) is 9.01. The van der Waals surface area contributed by atoms with E-state index in [0.717, 1.165) is 23.9 Å². The maximum absolute atomic E-state index is 13.0. The minimum atomic E-state index is -2.96. The van der Waals surface area contributed by atoms with Crippen molar-refractivity contribution >= 4 is 44.0 Å². The fourth-order valence-electron chi connectivity index (χ4n) is 4.26. The van der Waals surface area contributed by atoms with Crippen LogP contribution < -0.4 is 10.2 Å². The number of hydrogen-bond donors (Lipinski definition) is 1. The molecule has 1 N–H and O–H groups in total. The highest BCUT2D eigenvalue weighted by Gasteiger charge is 2.42. The Labute approximate surface area is 186 Å². The smallest absolute Gasteiger partial charge is 0.254 e. The van der Waals surface area contributed by atoms with E-state index < -0.39 is 9.84 Å². The van der Waals surface area contributed by atoms with Crippen LogP contribution >= 0.6 is 11.8 Å². The van der Waals surface area contributed by atoms with Gasteiger partial charge in [-0.2, -0.15) is 0 Å². The van der Waals surface area contributed by atoms with Crippen LogP contribution in [0.3, 0.4) is 0 Å². The number of anilines is 2. The van der Waals surface area contributed by atoms with Gasteiger partial charge in [-0.05, 0) is 30.3 Å². The number of hydrogen-bond acceptors (Lipinski definition) is 7. The summed E-state index contributed by atoms with van der Waals surface area (Å²) in [7, 11) is -2.96. The van der Waals surface area contributed by atoms with Gasteiger partial charge < -0.3 is 15.1 Å². The lowest BCUT2D eigenvalue weighted by atomic mass is 10.1. The average molecular weight is 457 g/mol. The summed E-state index contributed by atoms with van der Waals surface area (Å²) in [6.07, 6.45) is 0. The lowest BCUT2D eigenvalue weighted by molar-refractivity contribution is 0.0747. The molecule has 3 aliphatic heterocycles. The normalized spacial score (nSPS) is 24.6. The zero-order chi connectivity index (χ0) is 21.4. The first-order valence-electron chi connectivity index (χ1n) is 10.4. The molecule has 162 valence electrons. The van der Waals surface area contributed by atoms with Gasteiger partial charge in [-0.15, -0.1) is 0 Å². The highest BCUT2D eigenvalue weighted by atomic mass is 32.2. The highest BCUT2D eigenvalue weighted by molar-refractivity contribution is 8.15. The Bertz CT molecular complexity index is 1110. The van der Waals surface area contributed by atoms with E-state index in [1.807, 2.05) is 47.4 Å². The molecule has 5 rings (SSSR count). The predicted molar refractivity (Wildman–Crippen MR) is 126 cm³/mol. The van der Waals surface area contributed by atoms with Gasteiger partial charge in [0.25, 0.3) is 5.91 Å². The van der Waals surface area contributed by atoms with E-state index in [9.17, 15) is 13.2 Å². The van der Waals surface area contributed by atoms with Crippen molar-refractivity contribution < 1.29 is 13.2 Å². The molecule has 3 aliphatic rings. The molecule has 0 unspecified atom stereocenters. The lowest BCUT2D eigenvalue weighted by Gasteiger charge is -2.36. The first kappa shape index (κ1) is 20.4. The number of nitrogens with zero attached hydrogens (tertiary/aromatic N) is 3. The second-order valence-corrected chi connectivity index (χ2v) is 11.4. The van der Waals surface area contributed by atoms with Crippen molar-refractivity contribution in [2.24, 2.45) is 4.99 Å². The van der Waals surface area contributed by atoms with Crippen molar-refractivity contribution in [1.29, 1.82) is 0 Å². The van der Waals surface area contributed by atoms with E-state index in [-0.39, 0.29) is 28.7 Å². The van der Waals surface area contributed by atoms with Crippen molar-refractivity contribution in [3.8, 4) is 0 Å². The van der Waals surface area contributed by atoms with Gasteiger partial charge >= 0.3 is 0 Å². The van der Waals surface area contributed by atoms with Gasteiger partial charge in [-0.3, -0.25) is 9.79 Å². The number of benzene rings is 2. The molecule has 2 fully saturated rings. The summed E-state index contributed by atoms with van der Waals surface area (Å²) in [4.78, 5) is 21.8. The maximum Gasteiger partial charge on any atom is 0.254 e. The Morgan fingerprint density at radius 3 is 2.52 bits per heavy atom. The molecule has 0 bridgehead atoms. The highest BCUT2D eigenvalue weighted by Crippen LogP contribution is 2.34. The minimum absolute atomic E-state index is 0.00164. The topological polar surface area (TPSA) is 82.1 Å². The van der Waals surface area contributed by atoms with E-state index in [0.29, 0.717) is 18.7 Å². The maximum atomic E-state index is 13.0. The Balaban J connectivity index is 1.21. The monoisotopic (exact) mass is 456 g/mol. The second-order valence-electron chi connectivity index (χ2n) is 8.06. The number of nitrogens with one attached hydrogen (secondary N) is 1. The molecule has 2 aromatic rings. The second kappa shape index (κ2) is 8.20. The molecule has 0 aromatic heterocycles. The summed E-state index contributed by atoms with van der Waals surface area (Å²) in [6.45, 7) is 3.00. The number of sulfone groups is 1. The van der Waals surface area contributed by atoms with Crippen LogP contribution in [0.2, 0.25) is 0 Å². The summed E-state index contributed by atoms with van der Waals surface area (Å²) in [6, 6.07) is 17.5. The first-order chi connectivity index (χ1) is 15.0. The Morgan fingerprint density at radius 2 is 1.77 bits per heavy atom. The summed E-state index contributed by atoms with van der Waals surface area (Å²) in [5.41, 5.74) is 2.63. The number of rotatable bonds is 3. The lowest BCUT2D eigenvalue weighted by Crippen LogP contribution is -2.48. The summed E-state index contributed by atoms with van der Waals surface area (Å²) < 4.78 is 23.5. The third-order valence-electron chi connectivity index (χ3n) is 5.87. The summed E-state index contributed by atoms with van der Waals surface area (Å²) >= 11 is 1.48. The third kappa shape index (κ3) is 4.43. The van der Waals surface area contributed by atoms with Crippen LogP contribution in [0, 0.1) is 0 Å². The number of piperazine rings is 1. The molecule has 0 aliphatic carbocycles. The summed E-state index contributed by atoms with van der Waals surface area (Å²) in [5.74, 6) is 0.341. The van der Waals surface area contributed by atoms with Crippen molar-refractivity contribution in [3.63, 3.8) is 0 Å². The van der Waals surface area contributed by atoms with E-state index in [1.54, 1.807) is 0 Å². The molecule has 7 nitrogen and oxygen atoms in total. The largest absolute Gasteiger partial charge is 0.368 e. The summed E-state index contributed by atoms with van der Waals surface area (Å²) in [5, 5.41) is 3.99. The molecule has 3 heterocycles. The molecule has 2 aromatic carbocycles. The number of para-hydroxylation sites is 1. The van der Waals surface area contributed by atoms with Gasteiger partial charge in [0, 0.05) is 48.4 Å². The van der Waals surface area contributed by atoms with Crippen molar-refractivity contribution in [2.75, 3.05) is 47.9 Å². The van der Waals surface area contributed by atoms with E-state index >= 15 is 0 Å². The fourth-order valence-corrected chi connectivity index (χ4v) is 7.93. The molecule has 0 radical (unpaired) electrons. The van der Waals surface area contributed by atoms with Gasteiger partial charge in [0.15, 0.2) is 15.0 Å². The number of thioether (sulfide) groups is 1. The number of amidine groups is 1. The first-order valence-corrected chi connectivity index (χ1v) is 13.1. The van der Waals surface area contributed by atoms with Crippen LogP contribution in [-0.2, 0) is 9.84 Å². The van der Waals surface area contributed by atoms with E-state index in [2.05, 4.69) is 27.3 Å². The van der Waals surface area contributed by atoms with Crippen molar-refractivity contribution in [3.05, 3.63) is 60.2 Å². The number of amides is 1. The van der Waals surface area contributed by atoms with Crippen molar-refractivity contribution in [2.45, 2.75) is 11.3 Å². The van der Waals surface area contributed by atoms with Crippen LogP contribution in [0.15, 0.2) is 59.6 Å². The standard InChI is InChI=1S/C22H24N4O3S2/c27-21(26-11-9-25(10-12-26)18-7-2-1-3-8-18)16-5-4-6-17(13-16)23-22-24-19-14-31(28,29)15-20(19)30-22/h1-8,13,19-20H,9-12,14-15H2,(H,23,24)/t19-,20+/m1/s1. The van der Waals surface area contributed by atoms with Crippen LogP contribution in [0.1, 0.15) is 10.4 Å². The zero-order valence-corrected chi connectivity index (χ0v) is 18.6. The number of fused-ring (bicyclic) bond motifs is 1. The van der Waals surface area contributed by atoms with Crippen LogP contribution in [0.4, 0.5) is 11.4 Å². The molecule has 2 saturated heterocycles. The van der Waals surface area contributed by atoms with Gasteiger partial charge in [-0.25, -0.2) is 8.42 Å². The molecule has 31 heavy (non-hydrogen) atoms. The Morgan fingerprint density at radius 1 is 1.00 bits per heavy atom. The number of carbonyl (C=O) groups excluding carboxylic acids is 1. The molecule has 0 spiro atoms. The Kier molecular flexibility index (Phi) is 5.39. The van der Waals surface area contributed by atoms with E-state index in [1.165, 1.54) is 17.4 Å². The van der Waals surface area contributed by atoms with Crippen LogP contribution in [-0.4, -0.2) is 73.4 Å². The number of carbonyl (C=O) groups is 1. The van der Waals surface area contributed by atoms with Gasteiger partial charge in [-0.1, -0.05) is 36.0 Å². The van der Waals surface area contributed by atoms with Gasteiger partial charge in [0.1, 0.15) is 0 Å². The molecule has 0 saturated carbocycles. The fraction of sp³-hybridized carbons (Fsp3) is 0.364. The molecule has 2 atom stereocenters. The molecule has 9 heteroatoms. The van der Waals surface area contributed by atoms with Crippen LogP contribution in [0.5, 0.6) is 0 Å². The molecular formula is C22H24N4O3S2. The zero-order valence-electron chi connectivity index (χ0n) is 17.0. The van der Waals surface area contributed by atoms with Gasteiger partial charge in [0.2, 0.25) is 0 Å². The Hall–Kier alpha value is -2.52. The predicted octanol–water partition coefficient (Wildman–Crippen LogP) is 2.33. The number of aliphatic imine (C=N–C) groups is 1. The molecular weight excluding hydrogens is 432 g/mol. The average Bonchev–Trinajstić information content (AvgIpc) is 3.26. The van der Waals surface area contributed by atoms with Crippen molar-refractivity contribution in [1.82, 2.24) is 4.90 Å². The minimum Gasteiger partial charge on any atom is -0.368 e. The molecule has 1 amide bonds. The van der Waals surface area contributed by atoms with Crippen LogP contribution in [0.25, 0.3) is 0 Å². The SMILES string of the molecule is O=C(c1cccc(NC2=N[C@@H]3CS(=O)(=O)C[C@@H]3S2)c1)N1CCN(c2ccccc2)CC1. The van der Waals surface area contributed by atoms with E-state index in [4.69, 9.17) is 0 Å².